The third-order valence-electron chi connectivity index (χ3n) is 9.84. The molecule has 10 nitrogen and oxygen atoms in total. The highest BCUT2D eigenvalue weighted by molar-refractivity contribution is 7.87. The topological polar surface area (TPSA) is 110 Å². The van der Waals surface area contributed by atoms with Gasteiger partial charge in [0.05, 0.1) is 25.5 Å². The summed E-state index contributed by atoms with van der Waals surface area (Å²) in [5.41, 5.74) is 6.86. The first-order valence-corrected chi connectivity index (χ1v) is 18.4. The van der Waals surface area contributed by atoms with Crippen LogP contribution in [-0.2, 0) is 32.9 Å². The summed E-state index contributed by atoms with van der Waals surface area (Å²) < 4.78 is 42.2. The van der Waals surface area contributed by atoms with E-state index in [0.717, 1.165) is 63.3 Å². The van der Waals surface area contributed by atoms with Gasteiger partial charge in [-0.3, -0.25) is 9.59 Å². The van der Waals surface area contributed by atoms with Crippen LogP contribution in [0.4, 0.5) is 0 Å². The van der Waals surface area contributed by atoms with E-state index < -0.39 is 16.1 Å². The average molecular weight is 683 g/mol. The zero-order valence-electron chi connectivity index (χ0n) is 28.0. The molecule has 0 bridgehead atoms. The van der Waals surface area contributed by atoms with Crippen LogP contribution in [0.25, 0.3) is 28.2 Å². The molecule has 0 spiro atoms. The highest BCUT2D eigenvalue weighted by Crippen LogP contribution is 2.47. The van der Waals surface area contributed by atoms with Crippen molar-refractivity contribution >= 4 is 39.0 Å². The number of rotatable bonds is 8. The Kier molecular flexibility index (Phi) is 9.32. The Hall–Kier alpha value is -4.45. The molecule has 2 fully saturated rings. The maximum atomic E-state index is 14.2. The molecule has 2 aliphatic heterocycles. The molecular formula is C38H42N4O6S. The minimum absolute atomic E-state index is 0.0512. The maximum Gasteiger partial charge on any atom is 0.303 e. The number of carbonyl (C=O) groups excluding carboxylic acids is 2. The van der Waals surface area contributed by atoms with Gasteiger partial charge in [-0.1, -0.05) is 55.7 Å². The van der Waals surface area contributed by atoms with Gasteiger partial charge in [0, 0.05) is 54.8 Å². The van der Waals surface area contributed by atoms with Crippen molar-refractivity contribution in [2.45, 2.75) is 51.2 Å². The Balaban J connectivity index is 1.39. The molecule has 49 heavy (non-hydrogen) atoms. The molecule has 1 aliphatic carbocycles. The van der Waals surface area contributed by atoms with Crippen LogP contribution in [0, 0.1) is 0 Å². The summed E-state index contributed by atoms with van der Waals surface area (Å²) >= 11 is 0. The van der Waals surface area contributed by atoms with Crippen molar-refractivity contribution in [2.24, 2.45) is 0 Å². The van der Waals surface area contributed by atoms with Gasteiger partial charge in [-0.15, -0.1) is 0 Å². The second-order valence-corrected chi connectivity index (χ2v) is 15.1. The van der Waals surface area contributed by atoms with Crippen molar-refractivity contribution < 1.29 is 27.5 Å². The van der Waals surface area contributed by atoms with Crippen LogP contribution in [-0.4, -0.2) is 74.4 Å². The smallest absolute Gasteiger partial charge is 0.303 e. The number of hydrogen-bond donors (Lipinski definition) is 1. The number of morpholine rings is 1. The van der Waals surface area contributed by atoms with Crippen molar-refractivity contribution in [1.82, 2.24) is 18.5 Å². The molecule has 3 aromatic carbocycles. The van der Waals surface area contributed by atoms with Gasteiger partial charge in [0.15, 0.2) is 0 Å². The quantitative estimate of drug-likeness (QED) is 0.255. The van der Waals surface area contributed by atoms with Gasteiger partial charge in [0.25, 0.3) is 11.8 Å². The van der Waals surface area contributed by atoms with Crippen molar-refractivity contribution in [3.63, 3.8) is 0 Å². The van der Waals surface area contributed by atoms with Gasteiger partial charge in [0.2, 0.25) is 0 Å². The standard InChI is InChI=1S/C38H42N4O6S/c1-40(2)49(45,46)39-37(43)28-13-15-33-34(23-28)42-24-30(38(44)41-17-19-47-20-18-41)21-29-22-31(48-25-26-9-5-3-6-10-26)14-16-32(29)36(42)35(33)27-11-7-4-8-12-27/h3,5-6,9-10,13-16,21-23,27H,4,7-8,11-12,17-20,24-25H2,1-2H3,(H,39,43). The molecule has 0 atom stereocenters. The lowest BCUT2D eigenvalue weighted by atomic mass is 9.81. The fourth-order valence-corrected chi connectivity index (χ4v) is 7.79. The summed E-state index contributed by atoms with van der Waals surface area (Å²) in [5, 5.41) is 1.02. The summed E-state index contributed by atoms with van der Waals surface area (Å²) in [6.07, 6.45) is 7.57. The van der Waals surface area contributed by atoms with E-state index in [4.69, 9.17) is 9.47 Å². The van der Waals surface area contributed by atoms with Crippen molar-refractivity contribution in [3.05, 3.63) is 94.6 Å². The van der Waals surface area contributed by atoms with Gasteiger partial charge < -0.3 is 18.9 Å². The Morgan fingerprint density at radius 1 is 0.959 bits per heavy atom. The number of nitrogens with one attached hydrogen (secondary N) is 1. The van der Waals surface area contributed by atoms with Gasteiger partial charge in [-0.05, 0) is 71.9 Å². The highest BCUT2D eigenvalue weighted by atomic mass is 32.2. The molecule has 1 N–H and O–H groups in total. The third-order valence-corrected chi connectivity index (χ3v) is 11.2. The fourth-order valence-electron chi connectivity index (χ4n) is 7.25. The van der Waals surface area contributed by atoms with Crippen molar-refractivity contribution in [2.75, 3.05) is 40.4 Å². The summed E-state index contributed by atoms with van der Waals surface area (Å²) in [5.74, 6) is 0.256. The molecule has 7 rings (SSSR count). The number of ether oxygens (including phenoxy) is 2. The highest BCUT2D eigenvalue weighted by Gasteiger charge is 2.32. The van der Waals surface area contributed by atoms with Crippen LogP contribution in [0.5, 0.6) is 5.75 Å². The van der Waals surface area contributed by atoms with Crippen LogP contribution < -0.4 is 9.46 Å². The summed E-state index contributed by atoms with van der Waals surface area (Å²) in [6.45, 7) is 2.73. The maximum absolute atomic E-state index is 14.2. The molecule has 11 heteroatoms. The second-order valence-electron chi connectivity index (χ2n) is 13.2. The van der Waals surface area contributed by atoms with Crippen molar-refractivity contribution in [3.8, 4) is 17.0 Å². The average Bonchev–Trinajstić information content (AvgIpc) is 3.33. The number of benzene rings is 3. The molecule has 3 heterocycles. The molecule has 0 radical (unpaired) electrons. The van der Waals surface area contributed by atoms with Gasteiger partial charge in [-0.2, -0.15) is 12.7 Å². The van der Waals surface area contributed by atoms with Gasteiger partial charge >= 0.3 is 10.2 Å². The van der Waals surface area contributed by atoms with Crippen molar-refractivity contribution in [1.29, 1.82) is 0 Å². The first kappa shape index (κ1) is 33.1. The lowest BCUT2D eigenvalue weighted by Crippen LogP contribution is -2.41. The van der Waals surface area contributed by atoms with Crippen LogP contribution in [0.1, 0.15) is 65.1 Å². The normalized spacial score (nSPS) is 16.9. The molecule has 1 aromatic heterocycles. The largest absolute Gasteiger partial charge is 0.489 e. The SMILES string of the molecule is CN(C)S(=O)(=O)NC(=O)c1ccc2c(C3CCCCC3)c3n(c2c1)CC(C(=O)N1CCOCC1)=Cc1cc(OCc2ccccc2)ccc1-3. The first-order chi connectivity index (χ1) is 23.7. The predicted molar refractivity (Wildman–Crippen MR) is 189 cm³/mol. The van der Waals surface area contributed by atoms with Crippen LogP contribution >= 0.6 is 0 Å². The molecule has 1 saturated heterocycles. The van der Waals surface area contributed by atoms with E-state index in [1.54, 1.807) is 12.1 Å². The van der Waals surface area contributed by atoms with Gasteiger partial charge in [0.1, 0.15) is 12.4 Å². The zero-order valence-corrected chi connectivity index (χ0v) is 28.8. The number of carbonyl (C=O) groups is 2. The minimum Gasteiger partial charge on any atom is -0.489 e. The second kappa shape index (κ2) is 13.8. The monoisotopic (exact) mass is 682 g/mol. The Morgan fingerprint density at radius 2 is 1.71 bits per heavy atom. The van der Waals surface area contributed by atoms with Gasteiger partial charge in [-0.25, -0.2) is 4.72 Å². The van der Waals surface area contributed by atoms with E-state index in [2.05, 4.69) is 15.4 Å². The Morgan fingerprint density at radius 3 is 2.45 bits per heavy atom. The molecule has 1 saturated carbocycles. The summed E-state index contributed by atoms with van der Waals surface area (Å²) in [4.78, 5) is 29.3. The Bertz CT molecular complexity index is 2020. The lowest BCUT2D eigenvalue weighted by molar-refractivity contribution is -0.131. The first-order valence-electron chi connectivity index (χ1n) is 17.0. The zero-order chi connectivity index (χ0) is 34.1. The molecular weight excluding hydrogens is 641 g/mol. The van der Waals surface area contributed by atoms with Crippen LogP contribution in [0.15, 0.2) is 72.3 Å². The number of nitrogens with zero attached hydrogens (tertiary/aromatic N) is 3. The van der Waals surface area contributed by atoms with E-state index in [1.807, 2.05) is 59.5 Å². The van der Waals surface area contributed by atoms with E-state index in [0.29, 0.717) is 56.7 Å². The van der Waals surface area contributed by atoms with E-state index in [-0.39, 0.29) is 11.5 Å². The Labute approximate surface area is 287 Å². The molecule has 3 aliphatic rings. The van der Waals surface area contributed by atoms with E-state index in [9.17, 15) is 18.0 Å². The number of fused-ring (bicyclic) bond motifs is 5. The fraction of sp³-hybridized carbons (Fsp3) is 0.368. The number of hydrogen-bond acceptors (Lipinski definition) is 6. The molecule has 256 valence electrons. The molecule has 2 amide bonds. The molecule has 0 unspecified atom stereocenters. The van der Waals surface area contributed by atoms with Crippen LogP contribution in [0.2, 0.25) is 0 Å². The molecule has 4 aromatic rings. The number of aromatic nitrogens is 1. The third kappa shape index (κ3) is 6.75. The van der Waals surface area contributed by atoms with E-state index >= 15 is 0 Å². The number of amides is 2. The van der Waals surface area contributed by atoms with E-state index in [1.165, 1.54) is 26.1 Å². The minimum atomic E-state index is -3.99. The summed E-state index contributed by atoms with van der Waals surface area (Å²) in [6, 6.07) is 21.5. The van der Waals surface area contributed by atoms with Crippen LogP contribution in [0.3, 0.4) is 0 Å². The lowest BCUT2D eigenvalue weighted by Gasteiger charge is -2.28. The predicted octanol–water partition coefficient (Wildman–Crippen LogP) is 5.73. The summed E-state index contributed by atoms with van der Waals surface area (Å²) in [7, 11) is -1.24.